The summed E-state index contributed by atoms with van der Waals surface area (Å²) in [6.07, 6.45) is 0. The molecule has 0 fully saturated rings. The summed E-state index contributed by atoms with van der Waals surface area (Å²) >= 11 is -2.79. The van der Waals surface area contributed by atoms with Gasteiger partial charge in [0.1, 0.15) is 0 Å². The summed E-state index contributed by atoms with van der Waals surface area (Å²) in [6, 6.07) is 19.8. The molecule has 0 radical (unpaired) electrons. The summed E-state index contributed by atoms with van der Waals surface area (Å²) < 4.78 is 18.4. The molecular weight excluding hydrogens is 486 g/mol. The third-order valence-electron chi connectivity index (χ3n) is 5.38. The molecule has 0 aliphatic rings. The van der Waals surface area contributed by atoms with Crippen LogP contribution in [0.1, 0.15) is 32.2 Å². The Balaban J connectivity index is 1.59. The summed E-state index contributed by atoms with van der Waals surface area (Å²) in [4.78, 5) is 21.8. The van der Waals surface area contributed by atoms with Crippen LogP contribution in [0.5, 0.6) is 11.5 Å². The van der Waals surface area contributed by atoms with Crippen molar-refractivity contribution >= 4 is 44.4 Å². The van der Waals surface area contributed by atoms with Crippen LogP contribution in [0.4, 0.5) is 0 Å². The van der Waals surface area contributed by atoms with Crippen LogP contribution < -0.4 is 8.27 Å². The average molecular weight is 515 g/mol. The molecule has 4 aromatic rings. The van der Waals surface area contributed by atoms with Gasteiger partial charge in [0, 0.05) is 0 Å². The van der Waals surface area contributed by atoms with Crippen LogP contribution in [-0.2, 0) is 9.53 Å². The molecule has 0 aliphatic heterocycles. The van der Waals surface area contributed by atoms with Gasteiger partial charge in [0.15, 0.2) is 0 Å². The Bertz CT molecular complexity index is 1330. The molecule has 0 spiro atoms. The van der Waals surface area contributed by atoms with Crippen molar-refractivity contribution in [3.05, 3.63) is 72.1 Å². The zero-order valence-electron chi connectivity index (χ0n) is 20.3. The van der Waals surface area contributed by atoms with Crippen molar-refractivity contribution in [2.24, 2.45) is 5.41 Å². The van der Waals surface area contributed by atoms with Crippen LogP contribution in [-0.4, -0.2) is 42.8 Å². The fourth-order valence-corrected chi connectivity index (χ4v) is 6.62. The van der Waals surface area contributed by atoms with E-state index in [2.05, 4.69) is 9.97 Å². The number of aryl methyl sites for hydroxylation is 2. The molecule has 6 nitrogen and oxygen atoms in total. The third-order valence-corrected chi connectivity index (χ3v) is 8.87. The Morgan fingerprint density at radius 2 is 1.35 bits per heavy atom. The van der Waals surface area contributed by atoms with E-state index in [1.807, 2.05) is 95.3 Å². The Morgan fingerprint density at radius 1 is 0.794 bits per heavy atom. The molecule has 0 saturated heterocycles. The predicted molar refractivity (Wildman–Crippen MR) is 135 cm³/mol. The molecule has 174 valence electrons. The fourth-order valence-electron chi connectivity index (χ4n) is 3.51. The Kier molecular flexibility index (Phi) is 7.14. The summed E-state index contributed by atoms with van der Waals surface area (Å²) in [5.41, 5.74) is 2.89. The molecule has 0 saturated carbocycles. The van der Waals surface area contributed by atoms with Crippen molar-refractivity contribution in [1.29, 1.82) is 0 Å². The fraction of sp³-hybridized carbons (Fsp3) is 0.296. The van der Waals surface area contributed by atoms with Gasteiger partial charge >= 0.3 is 206 Å². The van der Waals surface area contributed by atoms with E-state index in [1.165, 1.54) is 0 Å². The van der Waals surface area contributed by atoms with Crippen molar-refractivity contribution in [3.8, 4) is 11.5 Å². The van der Waals surface area contributed by atoms with Gasteiger partial charge in [0.05, 0.1) is 0 Å². The number of carbonyl (C=O) groups excluding carboxylic acids is 1. The molecule has 0 amide bonds. The second-order valence-electron chi connectivity index (χ2n) is 9.46. The molecule has 2 heterocycles. The van der Waals surface area contributed by atoms with Gasteiger partial charge in [-0.15, -0.1) is 0 Å². The number of esters is 1. The maximum atomic E-state index is 12.5. The van der Waals surface area contributed by atoms with Crippen LogP contribution in [0.3, 0.4) is 0 Å². The molecule has 2 aromatic carbocycles. The standard InChI is InChI=1S/C11H10NO.C10H9NO.C6H11O2.Ga/c1-8-6-7-9-4-3-5-10(13-2)11(9)12-8;1-7-5-6-8-3-2-4-9(12)10(8)11-7;1-6(2,3)5(7)8-4;/h3-7H,2H2,1H3;2-6,12H,1H3;4H2,1-3H3;/q;;;+1/p-1. The summed E-state index contributed by atoms with van der Waals surface area (Å²) in [6.45, 7) is 9.45. The number of ether oxygens (including phenoxy) is 2. The molecule has 0 N–H and O–H groups in total. The topological polar surface area (TPSA) is 70.5 Å². The molecule has 2 aromatic heterocycles. The third kappa shape index (κ3) is 5.71. The van der Waals surface area contributed by atoms with Crippen molar-refractivity contribution in [2.75, 3.05) is 10.3 Å². The molecule has 34 heavy (non-hydrogen) atoms. The first-order chi connectivity index (χ1) is 16.2. The van der Waals surface area contributed by atoms with E-state index in [9.17, 15) is 4.79 Å². The van der Waals surface area contributed by atoms with E-state index < -0.39 is 22.0 Å². The summed E-state index contributed by atoms with van der Waals surface area (Å²) in [5, 5.41) is 2.62. The van der Waals surface area contributed by atoms with Crippen molar-refractivity contribution in [2.45, 2.75) is 34.6 Å². The first-order valence-corrected chi connectivity index (χ1v) is 15.8. The second kappa shape index (κ2) is 10.1. The van der Waals surface area contributed by atoms with Gasteiger partial charge < -0.3 is 0 Å². The van der Waals surface area contributed by atoms with Crippen molar-refractivity contribution in [1.82, 2.24) is 9.97 Å². The van der Waals surface area contributed by atoms with E-state index in [0.29, 0.717) is 16.7 Å². The Hall–Kier alpha value is -3.03. The molecule has 4 rings (SSSR count). The SMILES string of the molecule is Cc1ccc2cccc(O[CH2][Ga]([CH2]OC(=O)C(C)(C)C)[O]c3cccc4ccc(C)nc34)c2n1. The normalized spacial score (nSPS) is 11.4. The van der Waals surface area contributed by atoms with Gasteiger partial charge in [0.25, 0.3) is 0 Å². The van der Waals surface area contributed by atoms with E-state index in [4.69, 9.17) is 13.0 Å². The first kappa shape index (κ1) is 24.1. The average Bonchev–Trinajstić information content (AvgIpc) is 2.80. The number of para-hydroxylation sites is 2. The van der Waals surface area contributed by atoms with E-state index in [-0.39, 0.29) is 11.1 Å². The van der Waals surface area contributed by atoms with Gasteiger partial charge in [-0.3, -0.25) is 0 Å². The van der Waals surface area contributed by atoms with Gasteiger partial charge in [0.2, 0.25) is 0 Å². The second-order valence-corrected chi connectivity index (χ2v) is 14.0. The van der Waals surface area contributed by atoms with Crippen LogP contribution in [0.15, 0.2) is 60.7 Å². The van der Waals surface area contributed by atoms with Crippen molar-refractivity contribution < 1.29 is 17.8 Å². The zero-order valence-corrected chi connectivity index (χ0v) is 22.7. The quantitative estimate of drug-likeness (QED) is 0.239. The summed E-state index contributed by atoms with van der Waals surface area (Å²) in [5.74, 6) is 1.16. The first-order valence-electron chi connectivity index (χ1n) is 11.4. The van der Waals surface area contributed by atoms with E-state index in [0.717, 1.165) is 33.2 Å². The minimum atomic E-state index is -2.79. The van der Waals surface area contributed by atoms with E-state index in [1.54, 1.807) is 0 Å². The number of rotatable bonds is 7. The number of pyridine rings is 2. The molecular formula is C27H29GaN2O4. The molecule has 0 unspecified atom stereocenters. The number of hydrogen-bond donors (Lipinski definition) is 0. The molecule has 0 aliphatic carbocycles. The molecule has 0 atom stereocenters. The Labute approximate surface area is 205 Å². The van der Waals surface area contributed by atoms with Crippen LogP contribution in [0.2, 0.25) is 0 Å². The number of carbonyl (C=O) groups is 1. The van der Waals surface area contributed by atoms with Crippen LogP contribution in [0, 0.1) is 19.3 Å². The monoisotopic (exact) mass is 514 g/mol. The van der Waals surface area contributed by atoms with Crippen molar-refractivity contribution in [3.63, 3.8) is 0 Å². The predicted octanol–water partition coefficient (Wildman–Crippen LogP) is 5.52. The molecule has 7 heteroatoms. The number of nitrogens with zero attached hydrogens (tertiary/aromatic N) is 2. The number of hydrogen-bond acceptors (Lipinski definition) is 6. The van der Waals surface area contributed by atoms with Gasteiger partial charge in [-0.05, 0) is 0 Å². The van der Waals surface area contributed by atoms with Crippen LogP contribution >= 0.6 is 0 Å². The number of aromatic nitrogens is 2. The van der Waals surface area contributed by atoms with Gasteiger partial charge in [-0.25, -0.2) is 0 Å². The zero-order chi connectivity index (χ0) is 24.3. The summed E-state index contributed by atoms with van der Waals surface area (Å²) in [7, 11) is 0. The van der Waals surface area contributed by atoms with E-state index >= 15 is 0 Å². The Morgan fingerprint density at radius 3 is 1.94 bits per heavy atom. The van der Waals surface area contributed by atoms with Gasteiger partial charge in [-0.2, -0.15) is 0 Å². The van der Waals surface area contributed by atoms with Gasteiger partial charge in [-0.1, -0.05) is 0 Å². The molecule has 0 bridgehead atoms. The maximum absolute atomic E-state index is 12.5. The van der Waals surface area contributed by atoms with Crippen LogP contribution in [0.25, 0.3) is 21.8 Å². The number of benzene rings is 2. The minimum absolute atomic E-state index is 0.239. The number of fused-ring (bicyclic) bond motifs is 2.